The summed E-state index contributed by atoms with van der Waals surface area (Å²) < 4.78 is 0. The first kappa shape index (κ1) is 20.8. The quantitative estimate of drug-likeness (QED) is 0.477. The molecular weight excluding hydrogens is 388 g/mol. The third-order valence-corrected chi connectivity index (χ3v) is 6.82. The number of thiophene rings is 1. The van der Waals surface area contributed by atoms with Gasteiger partial charge in [0.15, 0.2) is 0 Å². The van der Waals surface area contributed by atoms with Crippen molar-refractivity contribution in [1.29, 1.82) is 0 Å². The number of hydrogen-bond donors (Lipinski definition) is 0. The molecule has 0 N–H and O–H groups in total. The van der Waals surface area contributed by atoms with E-state index in [1.807, 2.05) is 52.7 Å². The molecule has 1 aromatic heterocycles. The van der Waals surface area contributed by atoms with Crippen LogP contribution in [0.25, 0.3) is 0 Å². The maximum atomic E-state index is 13.3. The fraction of sp³-hybridized carbons (Fsp3) is 0.346. The summed E-state index contributed by atoms with van der Waals surface area (Å²) in [5, 5.41) is 1.98. The Labute approximate surface area is 184 Å². The molecule has 30 heavy (non-hydrogen) atoms. The number of piperidine rings is 1. The van der Waals surface area contributed by atoms with Crippen LogP contribution in [0.1, 0.15) is 53.4 Å². The molecule has 1 fully saturated rings. The van der Waals surface area contributed by atoms with Crippen molar-refractivity contribution in [2.24, 2.45) is 0 Å². The van der Waals surface area contributed by atoms with Gasteiger partial charge in [0, 0.05) is 31.4 Å². The molecular formula is C26H30N2OS. The third kappa shape index (κ3) is 4.82. The molecule has 0 bridgehead atoms. The average molecular weight is 419 g/mol. The second-order valence-electron chi connectivity index (χ2n) is 8.39. The first-order valence-corrected chi connectivity index (χ1v) is 11.7. The van der Waals surface area contributed by atoms with Crippen molar-refractivity contribution in [3.05, 3.63) is 88.1 Å². The maximum absolute atomic E-state index is 13.3. The van der Waals surface area contributed by atoms with E-state index in [0.717, 1.165) is 43.0 Å². The summed E-state index contributed by atoms with van der Waals surface area (Å²) in [6.45, 7) is 7.47. The molecule has 1 saturated heterocycles. The van der Waals surface area contributed by atoms with E-state index in [2.05, 4.69) is 43.0 Å². The molecule has 0 aliphatic carbocycles. The Hall–Kier alpha value is -2.43. The van der Waals surface area contributed by atoms with Gasteiger partial charge >= 0.3 is 0 Å². The maximum Gasteiger partial charge on any atom is 0.268 e. The Balaban J connectivity index is 1.43. The minimum atomic E-state index is 0.124. The molecule has 1 amide bonds. The van der Waals surface area contributed by atoms with E-state index in [1.54, 1.807) is 0 Å². The van der Waals surface area contributed by atoms with Crippen LogP contribution in [0.5, 0.6) is 0 Å². The minimum Gasteiger partial charge on any atom is -0.305 e. The topological polar surface area (TPSA) is 23.6 Å². The molecule has 2 aromatic carbocycles. The lowest BCUT2D eigenvalue weighted by molar-refractivity contribution is 0.0962. The summed E-state index contributed by atoms with van der Waals surface area (Å²) >= 11 is 1.52. The van der Waals surface area contributed by atoms with Crippen molar-refractivity contribution in [2.75, 3.05) is 18.0 Å². The van der Waals surface area contributed by atoms with Crippen molar-refractivity contribution in [3.63, 3.8) is 0 Å². The molecule has 1 aliphatic rings. The van der Waals surface area contributed by atoms with E-state index in [9.17, 15) is 4.79 Å². The van der Waals surface area contributed by atoms with Gasteiger partial charge in [-0.3, -0.25) is 9.69 Å². The van der Waals surface area contributed by atoms with Crippen molar-refractivity contribution in [2.45, 2.75) is 45.2 Å². The zero-order valence-corrected chi connectivity index (χ0v) is 18.6. The predicted octanol–water partition coefficient (Wildman–Crippen LogP) is 6.18. The smallest absolute Gasteiger partial charge is 0.268 e. The van der Waals surface area contributed by atoms with Crippen LogP contribution in [0.15, 0.2) is 72.1 Å². The van der Waals surface area contributed by atoms with E-state index in [0.29, 0.717) is 5.92 Å². The van der Waals surface area contributed by atoms with Crippen molar-refractivity contribution >= 4 is 22.9 Å². The first-order valence-electron chi connectivity index (χ1n) is 10.8. The number of carbonyl (C=O) groups excluding carboxylic acids is 1. The second-order valence-corrected chi connectivity index (χ2v) is 9.34. The summed E-state index contributed by atoms with van der Waals surface area (Å²) in [4.78, 5) is 18.6. The molecule has 0 unspecified atom stereocenters. The number of hydrogen-bond acceptors (Lipinski definition) is 3. The van der Waals surface area contributed by atoms with Gasteiger partial charge in [-0.05, 0) is 53.5 Å². The lowest BCUT2D eigenvalue weighted by Crippen LogP contribution is -2.47. The zero-order chi connectivity index (χ0) is 20.9. The molecule has 2 heterocycles. The predicted molar refractivity (Wildman–Crippen MR) is 126 cm³/mol. The van der Waals surface area contributed by atoms with Crippen molar-refractivity contribution in [1.82, 2.24) is 4.90 Å². The van der Waals surface area contributed by atoms with Gasteiger partial charge in [-0.1, -0.05) is 62.4 Å². The standard InChI is InChI=1S/C26H30N2OS/c1-20(2)22-12-10-21(11-13-22)19-27-16-14-24(15-17-27)28(23-7-4-3-5-8-23)26(29)25-9-6-18-30-25/h3-13,18,20,24H,14-17,19H2,1-2H3. The highest BCUT2D eigenvalue weighted by atomic mass is 32.1. The van der Waals surface area contributed by atoms with Gasteiger partial charge in [0.2, 0.25) is 0 Å². The van der Waals surface area contributed by atoms with Crippen LogP contribution in [0.2, 0.25) is 0 Å². The molecule has 3 nitrogen and oxygen atoms in total. The van der Waals surface area contributed by atoms with Crippen molar-refractivity contribution < 1.29 is 4.79 Å². The van der Waals surface area contributed by atoms with Crippen LogP contribution in [0, 0.1) is 0 Å². The van der Waals surface area contributed by atoms with E-state index in [1.165, 1.54) is 22.5 Å². The Morgan fingerprint density at radius 2 is 1.70 bits per heavy atom. The minimum absolute atomic E-state index is 0.124. The Morgan fingerprint density at radius 3 is 2.30 bits per heavy atom. The number of anilines is 1. The number of carbonyl (C=O) groups is 1. The van der Waals surface area contributed by atoms with Gasteiger partial charge in [-0.15, -0.1) is 11.3 Å². The zero-order valence-electron chi connectivity index (χ0n) is 17.8. The van der Waals surface area contributed by atoms with Gasteiger partial charge in [-0.2, -0.15) is 0 Å². The summed E-state index contributed by atoms with van der Waals surface area (Å²) in [6.07, 6.45) is 1.99. The molecule has 4 rings (SSSR count). The van der Waals surface area contributed by atoms with Crippen LogP contribution >= 0.6 is 11.3 Å². The number of para-hydroxylation sites is 1. The van der Waals surface area contributed by atoms with Gasteiger partial charge in [0.05, 0.1) is 4.88 Å². The number of benzene rings is 2. The highest BCUT2D eigenvalue weighted by molar-refractivity contribution is 7.12. The Kier molecular flexibility index (Phi) is 6.66. The first-order chi connectivity index (χ1) is 14.6. The number of nitrogens with zero attached hydrogens (tertiary/aromatic N) is 2. The van der Waals surface area contributed by atoms with Gasteiger partial charge in [0.1, 0.15) is 0 Å². The normalized spacial score (nSPS) is 15.4. The molecule has 0 radical (unpaired) electrons. The fourth-order valence-corrected chi connectivity index (χ4v) is 4.86. The van der Waals surface area contributed by atoms with Crippen LogP contribution in [0.4, 0.5) is 5.69 Å². The van der Waals surface area contributed by atoms with Gasteiger partial charge in [0.25, 0.3) is 5.91 Å². The third-order valence-electron chi connectivity index (χ3n) is 5.96. The molecule has 4 heteroatoms. The average Bonchev–Trinajstić information content (AvgIpc) is 3.31. The van der Waals surface area contributed by atoms with Gasteiger partial charge < -0.3 is 4.90 Å². The number of rotatable bonds is 6. The second kappa shape index (κ2) is 9.59. The summed E-state index contributed by atoms with van der Waals surface area (Å²) in [7, 11) is 0. The molecule has 0 atom stereocenters. The molecule has 0 saturated carbocycles. The van der Waals surface area contributed by atoms with Gasteiger partial charge in [-0.25, -0.2) is 0 Å². The fourth-order valence-electron chi connectivity index (χ4n) is 4.20. The summed E-state index contributed by atoms with van der Waals surface area (Å²) in [5.74, 6) is 0.693. The van der Waals surface area contributed by atoms with Crippen LogP contribution in [0.3, 0.4) is 0 Å². The van der Waals surface area contributed by atoms with E-state index < -0.39 is 0 Å². The SMILES string of the molecule is CC(C)c1ccc(CN2CCC(N(C(=O)c3cccs3)c3ccccc3)CC2)cc1. The summed E-state index contributed by atoms with van der Waals surface area (Å²) in [5.41, 5.74) is 3.76. The largest absolute Gasteiger partial charge is 0.305 e. The number of likely N-dealkylation sites (tertiary alicyclic amines) is 1. The van der Waals surface area contributed by atoms with E-state index in [4.69, 9.17) is 0 Å². The Bertz CT molecular complexity index is 927. The van der Waals surface area contributed by atoms with Crippen molar-refractivity contribution in [3.8, 4) is 0 Å². The van der Waals surface area contributed by atoms with Crippen LogP contribution < -0.4 is 4.90 Å². The molecule has 1 aliphatic heterocycles. The highest BCUT2D eigenvalue weighted by Gasteiger charge is 2.30. The lowest BCUT2D eigenvalue weighted by Gasteiger charge is -2.38. The van der Waals surface area contributed by atoms with E-state index in [-0.39, 0.29) is 11.9 Å². The molecule has 0 spiro atoms. The molecule has 3 aromatic rings. The van der Waals surface area contributed by atoms with E-state index >= 15 is 0 Å². The summed E-state index contributed by atoms with van der Waals surface area (Å²) in [6, 6.07) is 23.3. The monoisotopic (exact) mass is 418 g/mol. The van der Waals surface area contributed by atoms with Crippen LogP contribution in [-0.2, 0) is 6.54 Å². The number of amides is 1. The Morgan fingerprint density at radius 1 is 1.00 bits per heavy atom. The van der Waals surface area contributed by atoms with Crippen LogP contribution in [-0.4, -0.2) is 29.9 Å². The molecule has 156 valence electrons. The lowest BCUT2D eigenvalue weighted by atomic mass is 9.99. The highest BCUT2D eigenvalue weighted by Crippen LogP contribution is 2.27.